The van der Waals surface area contributed by atoms with Gasteiger partial charge in [-0.05, 0) is 59.4 Å². The highest BCUT2D eigenvalue weighted by atomic mass is 15.1. The summed E-state index contributed by atoms with van der Waals surface area (Å²) >= 11 is 0. The average Bonchev–Trinajstić information content (AvgIpc) is 2.99. The molecular formula is C27H25N3. The zero-order valence-corrected chi connectivity index (χ0v) is 16.9. The van der Waals surface area contributed by atoms with E-state index >= 15 is 0 Å². The van der Waals surface area contributed by atoms with Gasteiger partial charge < -0.3 is 5.73 Å². The summed E-state index contributed by atoms with van der Waals surface area (Å²) in [5.74, 6) is 0. The van der Waals surface area contributed by atoms with E-state index in [4.69, 9.17) is 5.73 Å². The number of nitrogens with zero attached hydrogens (tertiary/aromatic N) is 2. The molecule has 148 valence electrons. The van der Waals surface area contributed by atoms with Gasteiger partial charge in [-0.1, -0.05) is 85.0 Å². The van der Waals surface area contributed by atoms with Crippen molar-refractivity contribution < 1.29 is 0 Å². The van der Waals surface area contributed by atoms with Gasteiger partial charge in [0.1, 0.15) is 0 Å². The van der Waals surface area contributed by atoms with E-state index in [1.165, 1.54) is 22.3 Å². The summed E-state index contributed by atoms with van der Waals surface area (Å²) in [6, 6.07) is 26.9. The van der Waals surface area contributed by atoms with Crippen molar-refractivity contribution in [2.45, 2.75) is 18.9 Å². The molecule has 0 saturated heterocycles. The number of azo groups is 1. The van der Waals surface area contributed by atoms with E-state index < -0.39 is 0 Å². The van der Waals surface area contributed by atoms with Gasteiger partial charge in [-0.25, -0.2) is 0 Å². The fraction of sp³-hybridized carbons (Fsp3) is 0.111. The third-order valence-corrected chi connectivity index (χ3v) is 4.99. The third-order valence-electron chi connectivity index (χ3n) is 4.99. The lowest BCUT2D eigenvalue weighted by Crippen LogP contribution is -2.11. The highest BCUT2D eigenvalue weighted by molar-refractivity contribution is 5.44. The monoisotopic (exact) mass is 391 g/mol. The summed E-state index contributed by atoms with van der Waals surface area (Å²) < 4.78 is 0. The standard InChI is InChI=1S/C27H25N3/c28-25-8-4-7-22(9-14-25)20-24-12-17-27(18-13-24)30-29-26-15-10-23(11-16-26)19-21-5-2-1-3-6-21/h1-18,25H,19-20,28H2. The molecule has 3 aromatic rings. The summed E-state index contributed by atoms with van der Waals surface area (Å²) in [5.41, 5.74) is 12.7. The molecule has 4 rings (SSSR count). The van der Waals surface area contributed by atoms with Crippen LogP contribution >= 0.6 is 0 Å². The number of rotatable bonds is 6. The maximum atomic E-state index is 5.90. The smallest absolute Gasteiger partial charge is 0.0857 e. The first-order valence-electron chi connectivity index (χ1n) is 10.2. The molecule has 30 heavy (non-hydrogen) atoms. The zero-order valence-electron chi connectivity index (χ0n) is 16.9. The summed E-state index contributed by atoms with van der Waals surface area (Å²) in [6.07, 6.45) is 12.0. The molecule has 0 saturated carbocycles. The molecule has 1 aliphatic carbocycles. The Morgan fingerprint density at radius 1 is 0.633 bits per heavy atom. The van der Waals surface area contributed by atoms with Crippen molar-refractivity contribution in [2.24, 2.45) is 16.0 Å². The molecular weight excluding hydrogens is 366 g/mol. The van der Waals surface area contributed by atoms with Crippen molar-refractivity contribution in [1.29, 1.82) is 0 Å². The largest absolute Gasteiger partial charge is 0.321 e. The average molecular weight is 392 g/mol. The molecule has 0 aliphatic heterocycles. The molecule has 0 aromatic heterocycles. The van der Waals surface area contributed by atoms with Gasteiger partial charge in [0.2, 0.25) is 0 Å². The number of hydrogen-bond donors (Lipinski definition) is 1. The third kappa shape index (κ3) is 5.72. The Kier molecular flexibility index (Phi) is 6.43. The quantitative estimate of drug-likeness (QED) is 0.472. The minimum absolute atomic E-state index is 0.00561. The van der Waals surface area contributed by atoms with Crippen LogP contribution in [-0.4, -0.2) is 6.04 Å². The summed E-state index contributed by atoms with van der Waals surface area (Å²) in [4.78, 5) is 0. The number of allylic oxidation sites excluding steroid dienone is 4. The van der Waals surface area contributed by atoms with Gasteiger partial charge >= 0.3 is 0 Å². The maximum Gasteiger partial charge on any atom is 0.0857 e. The molecule has 3 aromatic carbocycles. The number of benzene rings is 3. The first-order chi connectivity index (χ1) is 14.7. The lowest BCUT2D eigenvalue weighted by atomic mass is 10.0. The van der Waals surface area contributed by atoms with Gasteiger partial charge in [-0.15, -0.1) is 0 Å². The molecule has 3 nitrogen and oxygen atoms in total. The minimum Gasteiger partial charge on any atom is -0.321 e. The molecule has 1 atom stereocenters. The normalized spacial score (nSPS) is 15.9. The van der Waals surface area contributed by atoms with Gasteiger partial charge in [0.25, 0.3) is 0 Å². The Hall–Kier alpha value is -3.56. The van der Waals surface area contributed by atoms with Gasteiger partial charge in [0.15, 0.2) is 0 Å². The van der Waals surface area contributed by atoms with Crippen LogP contribution in [0.3, 0.4) is 0 Å². The molecule has 0 spiro atoms. The number of hydrogen-bond acceptors (Lipinski definition) is 3. The molecule has 2 N–H and O–H groups in total. The summed E-state index contributed by atoms with van der Waals surface area (Å²) in [6.45, 7) is 0. The second kappa shape index (κ2) is 9.77. The van der Waals surface area contributed by atoms with Crippen molar-refractivity contribution in [3.8, 4) is 0 Å². The Morgan fingerprint density at radius 3 is 1.83 bits per heavy atom. The fourth-order valence-electron chi connectivity index (χ4n) is 3.32. The van der Waals surface area contributed by atoms with Crippen molar-refractivity contribution in [3.63, 3.8) is 0 Å². The van der Waals surface area contributed by atoms with E-state index in [9.17, 15) is 0 Å². The van der Waals surface area contributed by atoms with Crippen LogP contribution in [0.5, 0.6) is 0 Å². The molecule has 0 fully saturated rings. The Bertz CT molecular complexity index is 1070. The highest BCUT2D eigenvalue weighted by Gasteiger charge is 2.01. The maximum absolute atomic E-state index is 5.90. The molecule has 1 unspecified atom stereocenters. The Balaban J connectivity index is 1.35. The van der Waals surface area contributed by atoms with Gasteiger partial charge in [-0.3, -0.25) is 0 Å². The Morgan fingerprint density at radius 2 is 1.20 bits per heavy atom. The molecule has 0 heterocycles. The van der Waals surface area contributed by atoms with Crippen molar-refractivity contribution in [2.75, 3.05) is 0 Å². The van der Waals surface area contributed by atoms with E-state index in [0.717, 1.165) is 24.2 Å². The molecule has 1 aliphatic rings. The molecule has 0 amide bonds. The Labute approximate surface area is 178 Å². The second-order valence-electron chi connectivity index (χ2n) is 7.43. The van der Waals surface area contributed by atoms with Crippen LogP contribution in [0.2, 0.25) is 0 Å². The molecule has 0 bridgehead atoms. The first-order valence-corrected chi connectivity index (χ1v) is 10.2. The molecule has 3 heteroatoms. The minimum atomic E-state index is -0.00561. The summed E-state index contributed by atoms with van der Waals surface area (Å²) in [7, 11) is 0. The zero-order chi connectivity index (χ0) is 20.6. The van der Waals surface area contributed by atoms with Crippen molar-refractivity contribution in [3.05, 3.63) is 132 Å². The van der Waals surface area contributed by atoms with E-state index in [1.54, 1.807) is 0 Å². The van der Waals surface area contributed by atoms with E-state index in [-0.39, 0.29) is 6.04 Å². The van der Waals surface area contributed by atoms with Crippen LogP contribution in [0.1, 0.15) is 16.7 Å². The summed E-state index contributed by atoms with van der Waals surface area (Å²) in [5, 5.41) is 8.74. The lowest BCUT2D eigenvalue weighted by Gasteiger charge is -2.03. The van der Waals surface area contributed by atoms with E-state index in [1.807, 2.05) is 48.6 Å². The lowest BCUT2D eigenvalue weighted by molar-refractivity contribution is 1.03. The fourth-order valence-corrected chi connectivity index (χ4v) is 3.32. The predicted octanol–water partition coefficient (Wildman–Crippen LogP) is 6.62. The second-order valence-corrected chi connectivity index (χ2v) is 7.43. The van der Waals surface area contributed by atoms with Crippen molar-refractivity contribution >= 4 is 11.4 Å². The first kappa shape index (κ1) is 19.7. The van der Waals surface area contributed by atoms with Gasteiger partial charge in [0, 0.05) is 6.04 Å². The van der Waals surface area contributed by atoms with E-state index in [0.29, 0.717) is 0 Å². The topological polar surface area (TPSA) is 50.7 Å². The highest BCUT2D eigenvalue weighted by Crippen LogP contribution is 2.21. The van der Waals surface area contributed by atoms with Gasteiger partial charge in [0.05, 0.1) is 11.4 Å². The van der Waals surface area contributed by atoms with Crippen LogP contribution in [0.15, 0.2) is 125 Å². The SMILES string of the molecule is NC1C=CC=C(Cc2ccc(N=Nc3ccc(Cc4ccccc4)cc3)cc2)C=C1. The van der Waals surface area contributed by atoms with Crippen LogP contribution in [0, 0.1) is 0 Å². The number of nitrogens with two attached hydrogens (primary N) is 1. The van der Waals surface area contributed by atoms with Crippen LogP contribution in [-0.2, 0) is 12.8 Å². The van der Waals surface area contributed by atoms with Crippen LogP contribution in [0.4, 0.5) is 11.4 Å². The predicted molar refractivity (Wildman–Crippen MR) is 124 cm³/mol. The van der Waals surface area contributed by atoms with E-state index in [2.05, 4.69) is 70.9 Å². The van der Waals surface area contributed by atoms with Crippen LogP contribution in [0.25, 0.3) is 0 Å². The van der Waals surface area contributed by atoms with Crippen LogP contribution < -0.4 is 5.73 Å². The van der Waals surface area contributed by atoms with Gasteiger partial charge in [-0.2, -0.15) is 10.2 Å². The van der Waals surface area contributed by atoms with Crippen molar-refractivity contribution in [1.82, 2.24) is 0 Å². The molecule has 0 radical (unpaired) electrons.